The minimum absolute atomic E-state index is 0.00905. The van der Waals surface area contributed by atoms with Gasteiger partial charge in [-0.15, -0.1) is 0 Å². The van der Waals surface area contributed by atoms with Crippen LogP contribution in [0.15, 0.2) is 22.8 Å². The van der Waals surface area contributed by atoms with Gasteiger partial charge >= 0.3 is 5.97 Å². The fraction of sp³-hybridized carbons (Fsp3) is 0.143. The van der Waals surface area contributed by atoms with E-state index in [4.69, 9.17) is 15.7 Å². The Morgan fingerprint density at radius 3 is 2.71 bits per heavy atom. The SMILES string of the molecule is COC(=O)c1c(N)c(C#N)cn1-c1c(C)cc(Br)cc1O. The lowest BCUT2D eigenvalue weighted by atomic mass is 10.1. The third-order valence-electron chi connectivity index (χ3n) is 3.03. The van der Waals surface area contributed by atoms with Gasteiger partial charge in [-0.1, -0.05) is 15.9 Å². The maximum Gasteiger partial charge on any atom is 0.357 e. The Balaban J connectivity index is 2.82. The minimum Gasteiger partial charge on any atom is -0.506 e. The number of nitriles is 1. The predicted octanol–water partition coefficient (Wildman–Crippen LogP) is 2.49. The second-order valence-electron chi connectivity index (χ2n) is 4.37. The molecular formula is C14H12BrN3O3. The van der Waals surface area contributed by atoms with Crippen molar-refractivity contribution in [2.45, 2.75) is 6.92 Å². The molecule has 0 amide bonds. The van der Waals surface area contributed by atoms with Crippen molar-refractivity contribution in [3.63, 3.8) is 0 Å². The minimum atomic E-state index is -0.685. The molecule has 21 heavy (non-hydrogen) atoms. The van der Waals surface area contributed by atoms with Gasteiger partial charge in [0, 0.05) is 10.7 Å². The monoisotopic (exact) mass is 349 g/mol. The number of carbonyl (C=O) groups excluding carboxylic acids is 1. The van der Waals surface area contributed by atoms with Crippen molar-refractivity contribution in [3.05, 3.63) is 39.6 Å². The van der Waals surface area contributed by atoms with E-state index < -0.39 is 5.97 Å². The van der Waals surface area contributed by atoms with E-state index in [2.05, 4.69) is 15.9 Å². The second kappa shape index (κ2) is 5.50. The largest absolute Gasteiger partial charge is 0.506 e. The molecule has 3 N–H and O–H groups in total. The Morgan fingerprint density at radius 1 is 1.52 bits per heavy atom. The highest BCUT2D eigenvalue weighted by Crippen LogP contribution is 2.33. The Morgan fingerprint density at radius 2 is 2.19 bits per heavy atom. The molecule has 0 aliphatic carbocycles. The molecule has 2 aromatic rings. The summed E-state index contributed by atoms with van der Waals surface area (Å²) in [6.45, 7) is 1.77. The van der Waals surface area contributed by atoms with Gasteiger partial charge < -0.3 is 20.1 Å². The summed E-state index contributed by atoms with van der Waals surface area (Å²) in [4.78, 5) is 11.9. The van der Waals surface area contributed by atoms with Gasteiger partial charge in [-0.05, 0) is 24.6 Å². The summed E-state index contributed by atoms with van der Waals surface area (Å²) in [5.74, 6) is -0.734. The molecule has 2 rings (SSSR count). The first-order valence-corrected chi connectivity index (χ1v) is 6.68. The van der Waals surface area contributed by atoms with Crippen LogP contribution in [0, 0.1) is 18.3 Å². The molecule has 1 heterocycles. The Bertz CT molecular complexity index is 751. The van der Waals surface area contributed by atoms with Gasteiger partial charge in [-0.25, -0.2) is 4.79 Å². The number of phenols is 1. The molecule has 0 saturated carbocycles. The molecule has 0 unspecified atom stereocenters. The lowest BCUT2D eigenvalue weighted by molar-refractivity contribution is 0.0593. The molecule has 108 valence electrons. The van der Waals surface area contributed by atoms with Crippen molar-refractivity contribution in [2.24, 2.45) is 0 Å². The zero-order valence-corrected chi connectivity index (χ0v) is 12.9. The van der Waals surface area contributed by atoms with E-state index in [1.807, 2.05) is 6.07 Å². The molecule has 1 aromatic heterocycles. The van der Waals surface area contributed by atoms with E-state index >= 15 is 0 Å². The highest BCUT2D eigenvalue weighted by atomic mass is 79.9. The van der Waals surface area contributed by atoms with Crippen LogP contribution in [0.3, 0.4) is 0 Å². The van der Waals surface area contributed by atoms with E-state index in [0.717, 1.165) is 0 Å². The zero-order chi connectivity index (χ0) is 15.7. The third-order valence-corrected chi connectivity index (χ3v) is 3.49. The number of nitrogens with zero attached hydrogens (tertiary/aromatic N) is 2. The van der Waals surface area contributed by atoms with Gasteiger partial charge in [0.05, 0.1) is 24.0 Å². The fourth-order valence-electron chi connectivity index (χ4n) is 2.12. The molecule has 0 fully saturated rings. The van der Waals surface area contributed by atoms with E-state index in [9.17, 15) is 9.90 Å². The second-order valence-corrected chi connectivity index (χ2v) is 5.28. The van der Waals surface area contributed by atoms with Crippen LogP contribution >= 0.6 is 15.9 Å². The fourth-order valence-corrected chi connectivity index (χ4v) is 2.68. The van der Waals surface area contributed by atoms with Crippen LogP contribution in [0.1, 0.15) is 21.6 Å². The summed E-state index contributed by atoms with van der Waals surface area (Å²) in [6, 6.07) is 5.18. The van der Waals surface area contributed by atoms with Crippen LogP contribution in [0.4, 0.5) is 5.69 Å². The van der Waals surface area contributed by atoms with Crippen LogP contribution in [0.2, 0.25) is 0 Å². The van der Waals surface area contributed by atoms with Crippen molar-refractivity contribution in [1.29, 1.82) is 5.26 Å². The number of aromatic nitrogens is 1. The lowest BCUT2D eigenvalue weighted by Crippen LogP contribution is -2.12. The van der Waals surface area contributed by atoms with Crippen molar-refractivity contribution in [3.8, 4) is 17.5 Å². The molecule has 0 aliphatic heterocycles. The number of halogens is 1. The lowest BCUT2D eigenvalue weighted by Gasteiger charge is -2.13. The van der Waals surface area contributed by atoms with E-state index in [-0.39, 0.29) is 22.7 Å². The molecule has 0 saturated heterocycles. The van der Waals surface area contributed by atoms with Crippen molar-refractivity contribution in [2.75, 3.05) is 12.8 Å². The van der Waals surface area contributed by atoms with Crippen LogP contribution in [0.25, 0.3) is 5.69 Å². The van der Waals surface area contributed by atoms with Gasteiger partial charge in [0.2, 0.25) is 0 Å². The van der Waals surface area contributed by atoms with E-state index in [0.29, 0.717) is 15.7 Å². The molecule has 0 bridgehead atoms. The van der Waals surface area contributed by atoms with Crippen molar-refractivity contribution in [1.82, 2.24) is 4.57 Å². The quantitative estimate of drug-likeness (QED) is 0.811. The number of aryl methyl sites for hydroxylation is 1. The highest BCUT2D eigenvalue weighted by Gasteiger charge is 2.24. The first-order valence-electron chi connectivity index (χ1n) is 5.89. The van der Waals surface area contributed by atoms with Crippen LogP contribution < -0.4 is 5.73 Å². The summed E-state index contributed by atoms with van der Waals surface area (Å²) in [5.41, 5.74) is 7.06. The standard InChI is InChI=1S/C14H12BrN3O3/c1-7-3-9(15)4-10(19)12(7)18-6-8(5-16)11(17)13(18)14(20)21-2/h3-4,6,19H,17H2,1-2H3. The number of nitrogen functional groups attached to an aromatic ring is 1. The number of nitrogens with two attached hydrogens (primary N) is 1. The normalized spacial score (nSPS) is 10.2. The molecule has 6 nitrogen and oxygen atoms in total. The number of carbonyl (C=O) groups is 1. The average Bonchev–Trinajstić information content (AvgIpc) is 2.73. The number of methoxy groups -OCH3 is 1. The molecule has 0 radical (unpaired) electrons. The van der Waals surface area contributed by atoms with Crippen molar-refractivity contribution < 1.29 is 14.6 Å². The summed E-state index contributed by atoms with van der Waals surface area (Å²) in [7, 11) is 1.22. The number of phenolic OH excluding ortho intramolecular Hbond substituents is 1. The Hall–Kier alpha value is -2.46. The van der Waals surface area contributed by atoms with Crippen LogP contribution in [0.5, 0.6) is 5.75 Å². The molecule has 0 aliphatic rings. The maximum absolute atomic E-state index is 11.9. The van der Waals surface area contributed by atoms with Gasteiger partial charge in [0.15, 0.2) is 5.69 Å². The van der Waals surface area contributed by atoms with E-state index in [1.54, 1.807) is 13.0 Å². The van der Waals surface area contributed by atoms with Gasteiger partial charge in [-0.2, -0.15) is 5.26 Å². The van der Waals surface area contributed by atoms with Gasteiger partial charge in [0.1, 0.15) is 11.8 Å². The number of hydrogen-bond acceptors (Lipinski definition) is 5. The summed E-state index contributed by atoms with van der Waals surface area (Å²) >= 11 is 3.28. The highest BCUT2D eigenvalue weighted by molar-refractivity contribution is 9.10. The summed E-state index contributed by atoms with van der Waals surface area (Å²) in [5, 5.41) is 19.2. The average molecular weight is 350 g/mol. The number of hydrogen-bond donors (Lipinski definition) is 2. The van der Waals surface area contributed by atoms with E-state index in [1.165, 1.54) is 23.9 Å². The Labute approximate surface area is 129 Å². The zero-order valence-electron chi connectivity index (χ0n) is 11.3. The third kappa shape index (κ3) is 2.45. The van der Waals surface area contributed by atoms with Gasteiger partial charge in [-0.3, -0.25) is 0 Å². The summed E-state index contributed by atoms with van der Waals surface area (Å²) < 4.78 is 6.77. The predicted molar refractivity (Wildman–Crippen MR) is 80.3 cm³/mol. The van der Waals surface area contributed by atoms with Crippen molar-refractivity contribution >= 4 is 27.6 Å². The smallest absolute Gasteiger partial charge is 0.357 e. The number of ether oxygens (including phenoxy) is 1. The summed E-state index contributed by atoms with van der Waals surface area (Å²) in [6.07, 6.45) is 1.40. The van der Waals surface area contributed by atoms with Crippen LogP contribution in [-0.2, 0) is 4.74 Å². The number of aromatic hydroxyl groups is 1. The number of esters is 1. The molecular weight excluding hydrogens is 338 g/mol. The number of benzene rings is 1. The Kier molecular flexibility index (Phi) is 3.91. The molecule has 0 spiro atoms. The first kappa shape index (κ1) is 14.9. The molecule has 7 heteroatoms. The molecule has 0 atom stereocenters. The maximum atomic E-state index is 11.9. The number of rotatable bonds is 2. The molecule has 1 aromatic carbocycles. The van der Waals surface area contributed by atoms with Crippen LogP contribution in [-0.4, -0.2) is 22.8 Å². The first-order chi connectivity index (χ1) is 9.90. The number of anilines is 1. The van der Waals surface area contributed by atoms with Gasteiger partial charge in [0.25, 0.3) is 0 Å². The topological polar surface area (TPSA) is 101 Å².